The summed E-state index contributed by atoms with van der Waals surface area (Å²) >= 11 is 0. The molecule has 1 N–H and O–H groups in total. The van der Waals surface area contributed by atoms with Crippen LogP contribution >= 0.6 is 0 Å². The van der Waals surface area contributed by atoms with Crippen molar-refractivity contribution in [3.05, 3.63) is 54.9 Å². The molecule has 3 nitrogen and oxygen atoms in total. The van der Waals surface area contributed by atoms with Crippen LogP contribution in [0, 0.1) is 6.92 Å². The van der Waals surface area contributed by atoms with Gasteiger partial charge >= 0.3 is 0 Å². The molecule has 0 amide bonds. The first-order chi connectivity index (χ1) is 8.22. The van der Waals surface area contributed by atoms with Crippen LogP contribution < -0.4 is 5.32 Å². The largest absolute Gasteiger partial charge is 0.380 e. The van der Waals surface area contributed by atoms with E-state index in [9.17, 15) is 0 Å². The van der Waals surface area contributed by atoms with E-state index in [4.69, 9.17) is 0 Å². The Kier molecular flexibility index (Phi) is 3.19. The van der Waals surface area contributed by atoms with Gasteiger partial charge in [-0.1, -0.05) is 24.8 Å². The Morgan fingerprint density at radius 2 is 1.94 bits per heavy atom. The van der Waals surface area contributed by atoms with E-state index in [2.05, 4.69) is 28.4 Å². The second-order valence-corrected chi connectivity index (χ2v) is 3.79. The molecule has 86 valence electrons. The van der Waals surface area contributed by atoms with Gasteiger partial charge in [0.15, 0.2) is 0 Å². The molecule has 0 aliphatic heterocycles. The molecule has 0 atom stereocenters. The molecule has 3 heteroatoms. The Morgan fingerprint density at radius 1 is 1.29 bits per heavy atom. The summed E-state index contributed by atoms with van der Waals surface area (Å²) in [5.41, 5.74) is 4.26. The molecule has 2 rings (SSSR count). The van der Waals surface area contributed by atoms with Gasteiger partial charge < -0.3 is 5.32 Å². The van der Waals surface area contributed by atoms with Crippen LogP contribution in [0.3, 0.4) is 0 Å². The SMILES string of the molecule is C=CCNC(=C)c1nc2ccccc2nc1C. The Hall–Kier alpha value is -2.16. The molecule has 17 heavy (non-hydrogen) atoms. The van der Waals surface area contributed by atoms with Crippen LogP contribution in [-0.2, 0) is 0 Å². The molecule has 0 aliphatic rings. The normalized spacial score (nSPS) is 10.2. The zero-order valence-corrected chi connectivity index (χ0v) is 9.90. The summed E-state index contributed by atoms with van der Waals surface area (Å²) in [6.07, 6.45) is 1.79. The summed E-state index contributed by atoms with van der Waals surface area (Å²) in [7, 11) is 0. The highest BCUT2D eigenvalue weighted by molar-refractivity contribution is 5.77. The molecule has 0 radical (unpaired) electrons. The van der Waals surface area contributed by atoms with Crippen molar-refractivity contribution >= 4 is 16.7 Å². The molecule has 0 spiro atoms. The third-order valence-corrected chi connectivity index (χ3v) is 2.49. The van der Waals surface area contributed by atoms with E-state index in [0.717, 1.165) is 28.1 Å². The van der Waals surface area contributed by atoms with Gasteiger partial charge in [0, 0.05) is 6.54 Å². The lowest BCUT2D eigenvalue weighted by atomic mass is 10.2. The van der Waals surface area contributed by atoms with Crippen LogP contribution in [0.5, 0.6) is 0 Å². The number of benzene rings is 1. The smallest absolute Gasteiger partial charge is 0.107 e. The molecule has 2 aromatic rings. The average Bonchev–Trinajstić information content (AvgIpc) is 2.35. The molecule has 0 fully saturated rings. The van der Waals surface area contributed by atoms with E-state index in [0.29, 0.717) is 6.54 Å². The number of hydrogen-bond acceptors (Lipinski definition) is 3. The molecule has 1 heterocycles. The fraction of sp³-hybridized carbons (Fsp3) is 0.143. The lowest BCUT2D eigenvalue weighted by Crippen LogP contribution is -2.13. The minimum absolute atomic E-state index is 0.673. The maximum atomic E-state index is 4.57. The number of nitrogens with zero attached hydrogens (tertiary/aromatic N) is 2. The molecular formula is C14H15N3. The first-order valence-corrected chi connectivity index (χ1v) is 5.50. The number of hydrogen-bond donors (Lipinski definition) is 1. The third kappa shape index (κ3) is 2.33. The Bertz CT molecular complexity index is 573. The number of aryl methyl sites for hydroxylation is 1. The first-order valence-electron chi connectivity index (χ1n) is 5.50. The van der Waals surface area contributed by atoms with Crippen LogP contribution in [0.1, 0.15) is 11.4 Å². The monoisotopic (exact) mass is 225 g/mol. The number of fused-ring (bicyclic) bond motifs is 1. The first kappa shape index (κ1) is 11.3. The Morgan fingerprint density at radius 3 is 2.59 bits per heavy atom. The van der Waals surface area contributed by atoms with Crippen molar-refractivity contribution in [1.29, 1.82) is 0 Å². The zero-order valence-electron chi connectivity index (χ0n) is 9.90. The summed E-state index contributed by atoms with van der Waals surface area (Å²) in [5.74, 6) is 0. The van der Waals surface area contributed by atoms with Gasteiger partial charge in [-0.05, 0) is 19.1 Å². The number of aromatic nitrogens is 2. The van der Waals surface area contributed by atoms with Crippen molar-refractivity contribution in [3.63, 3.8) is 0 Å². The maximum Gasteiger partial charge on any atom is 0.107 e. The highest BCUT2D eigenvalue weighted by Crippen LogP contribution is 2.16. The quantitative estimate of drug-likeness (QED) is 0.813. The van der Waals surface area contributed by atoms with E-state index < -0.39 is 0 Å². The van der Waals surface area contributed by atoms with Crippen molar-refractivity contribution in [2.75, 3.05) is 6.54 Å². The fourth-order valence-electron chi connectivity index (χ4n) is 1.65. The van der Waals surface area contributed by atoms with Crippen molar-refractivity contribution in [1.82, 2.24) is 15.3 Å². The Labute approximate surface area is 101 Å². The van der Waals surface area contributed by atoms with E-state index in [1.54, 1.807) is 6.08 Å². The van der Waals surface area contributed by atoms with E-state index >= 15 is 0 Å². The summed E-state index contributed by atoms with van der Waals surface area (Å²) in [4.78, 5) is 9.08. The van der Waals surface area contributed by atoms with Gasteiger partial charge in [-0.15, -0.1) is 6.58 Å². The molecule has 1 aromatic heterocycles. The number of para-hydroxylation sites is 2. The van der Waals surface area contributed by atoms with Crippen LogP contribution in [0.2, 0.25) is 0 Å². The summed E-state index contributed by atoms with van der Waals surface area (Å²) < 4.78 is 0. The lowest BCUT2D eigenvalue weighted by Gasteiger charge is -2.10. The molecular weight excluding hydrogens is 210 g/mol. The van der Waals surface area contributed by atoms with Crippen LogP contribution in [0.15, 0.2) is 43.5 Å². The summed E-state index contributed by atoms with van der Waals surface area (Å²) in [6, 6.07) is 7.82. The van der Waals surface area contributed by atoms with Gasteiger partial charge in [-0.3, -0.25) is 0 Å². The highest BCUT2D eigenvalue weighted by atomic mass is 14.9. The fourth-order valence-corrected chi connectivity index (χ4v) is 1.65. The van der Waals surface area contributed by atoms with Gasteiger partial charge in [0.05, 0.1) is 22.4 Å². The van der Waals surface area contributed by atoms with Gasteiger partial charge in [-0.2, -0.15) is 0 Å². The molecule has 0 saturated carbocycles. The van der Waals surface area contributed by atoms with E-state index in [1.807, 2.05) is 31.2 Å². The average molecular weight is 225 g/mol. The van der Waals surface area contributed by atoms with E-state index in [-0.39, 0.29) is 0 Å². The predicted octanol–water partition coefficient (Wildman–Crippen LogP) is 2.68. The van der Waals surface area contributed by atoms with Crippen molar-refractivity contribution in [2.24, 2.45) is 0 Å². The van der Waals surface area contributed by atoms with Gasteiger partial charge in [-0.25, -0.2) is 9.97 Å². The maximum absolute atomic E-state index is 4.57. The highest BCUT2D eigenvalue weighted by Gasteiger charge is 2.07. The molecule has 0 saturated heterocycles. The topological polar surface area (TPSA) is 37.8 Å². The van der Waals surface area contributed by atoms with Crippen LogP contribution in [0.4, 0.5) is 0 Å². The molecule has 0 unspecified atom stereocenters. The summed E-state index contributed by atoms with van der Waals surface area (Å²) in [5, 5.41) is 3.14. The second kappa shape index (κ2) is 4.78. The molecule has 0 bridgehead atoms. The number of rotatable bonds is 4. The van der Waals surface area contributed by atoms with E-state index in [1.165, 1.54) is 0 Å². The lowest BCUT2D eigenvalue weighted by molar-refractivity contribution is 0.988. The third-order valence-electron chi connectivity index (χ3n) is 2.49. The van der Waals surface area contributed by atoms with Crippen molar-refractivity contribution in [3.8, 4) is 0 Å². The summed E-state index contributed by atoms with van der Waals surface area (Å²) in [6.45, 7) is 10.2. The molecule has 0 aliphatic carbocycles. The standard InChI is InChI=1S/C14H15N3/c1-4-9-15-10(2)14-11(3)16-12-7-5-6-8-13(12)17-14/h4-8,15H,1-2,9H2,3H3. The van der Waals surface area contributed by atoms with Gasteiger partial charge in [0.1, 0.15) is 5.69 Å². The van der Waals surface area contributed by atoms with Crippen LogP contribution in [0.25, 0.3) is 16.7 Å². The van der Waals surface area contributed by atoms with Crippen molar-refractivity contribution < 1.29 is 0 Å². The minimum atomic E-state index is 0.673. The predicted molar refractivity (Wildman–Crippen MR) is 71.5 cm³/mol. The molecule has 1 aromatic carbocycles. The minimum Gasteiger partial charge on any atom is -0.380 e. The number of nitrogens with one attached hydrogen (secondary N) is 1. The van der Waals surface area contributed by atoms with Gasteiger partial charge in [0.25, 0.3) is 0 Å². The van der Waals surface area contributed by atoms with Crippen molar-refractivity contribution in [2.45, 2.75) is 6.92 Å². The zero-order chi connectivity index (χ0) is 12.3. The van der Waals surface area contributed by atoms with Gasteiger partial charge in [0.2, 0.25) is 0 Å². The second-order valence-electron chi connectivity index (χ2n) is 3.79. The Balaban J connectivity index is 2.43. The van der Waals surface area contributed by atoms with Crippen LogP contribution in [-0.4, -0.2) is 16.5 Å².